The number of nitrogen functional groups attached to an aromatic ring is 1. The van der Waals surface area contributed by atoms with Crippen LogP contribution in [0.1, 0.15) is 0 Å². The number of aliphatic hydroxyl groups excluding tert-OH is 1. The molecule has 0 atom stereocenters. The number of nitrogens with zero attached hydrogens (tertiary/aromatic N) is 2. The number of benzene rings is 1. The molecule has 0 aliphatic rings. The van der Waals surface area contributed by atoms with Gasteiger partial charge in [0.25, 0.3) is 0 Å². The van der Waals surface area contributed by atoms with Gasteiger partial charge in [0, 0.05) is 28.3 Å². The minimum absolute atomic E-state index is 0.143. The summed E-state index contributed by atoms with van der Waals surface area (Å²) in [5.41, 5.74) is 6.93. The Bertz CT molecular complexity index is 648. The van der Waals surface area contributed by atoms with Crippen molar-refractivity contribution in [3.8, 4) is 0 Å². The van der Waals surface area contributed by atoms with E-state index in [-0.39, 0.29) is 12.2 Å². The summed E-state index contributed by atoms with van der Waals surface area (Å²) in [6.07, 6.45) is -2.88. The number of hydrogen-bond donors (Lipinski definition) is 2. The molecule has 3 N–H and O–H groups in total. The van der Waals surface area contributed by atoms with E-state index in [2.05, 4.69) is 20.9 Å². The molecule has 8 heteroatoms. The Morgan fingerprint density at radius 2 is 2.05 bits per heavy atom. The highest BCUT2D eigenvalue weighted by Crippen LogP contribution is 2.32. The van der Waals surface area contributed by atoms with Crippen molar-refractivity contribution >= 4 is 38.2 Å². The van der Waals surface area contributed by atoms with Gasteiger partial charge in [-0.1, -0.05) is 0 Å². The van der Waals surface area contributed by atoms with Crippen molar-refractivity contribution < 1.29 is 18.3 Å². The zero-order chi connectivity index (χ0) is 15.6. The molecule has 1 aromatic carbocycles. The molecule has 2 aromatic rings. The SMILES string of the molecule is Nc1ccc(N(CCO)CC(F)(F)F)c2ncc(Br)cc12. The van der Waals surface area contributed by atoms with Crippen LogP contribution in [0.3, 0.4) is 0 Å². The number of nitrogens with two attached hydrogens (primary N) is 1. The van der Waals surface area contributed by atoms with E-state index in [1.54, 1.807) is 6.07 Å². The van der Waals surface area contributed by atoms with E-state index in [1.807, 2.05) is 0 Å². The van der Waals surface area contributed by atoms with E-state index in [0.29, 0.717) is 21.1 Å². The first-order chi connectivity index (χ1) is 9.81. The molecule has 0 aliphatic carbocycles. The van der Waals surface area contributed by atoms with Gasteiger partial charge in [-0.25, -0.2) is 0 Å². The van der Waals surface area contributed by atoms with E-state index < -0.39 is 19.3 Å². The van der Waals surface area contributed by atoms with E-state index >= 15 is 0 Å². The molecule has 0 saturated heterocycles. The van der Waals surface area contributed by atoms with Crippen molar-refractivity contribution in [2.24, 2.45) is 0 Å². The molecule has 0 unspecified atom stereocenters. The average molecular weight is 364 g/mol. The van der Waals surface area contributed by atoms with E-state index in [0.717, 1.165) is 4.90 Å². The lowest BCUT2D eigenvalue weighted by Gasteiger charge is -2.26. The first kappa shape index (κ1) is 15.8. The van der Waals surface area contributed by atoms with E-state index in [9.17, 15) is 13.2 Å². The fourth-order valence-electron chi connectivity index (χ4n) is 2.08. The van der Waals surface area contributed by atoms with Crippen molar-refractivity contribution in [2.45, 2.75) is 6.18 Å². The second-order valence-electron chi connectivity index (χ2n) is 4.48. The van der Waals surface area contributed by atoms with Crippen LogP contribution in [0.5, 0.6) is 0 Å². The summed E-state index contributed by atoms with van der Waals surface area (Å²) in [7, 11) is 0. The average Bonchev–Trinajstić information content (AvgIpc) is 2.38. The second-order valence-corrected chi connectivity index (χ2v) is 5.40. The normalized spacial score (nSPS) is 11.9. The molecule has 0 fully saturated rings. The van der Waals surface area contributed by atoms with Crippen LogP contribution in [0.15, 0.2) is 28.9 Å². The summed E-state index contributed by atoms with van der Waals surface area (Å²) >= 11 is 3.26. The summed E-state index contributed by atoms with van der Waals surface area (Å²) in [4.78, 5) is 5.20. The summed E-state index contributed by atoms with van der Waals surface area (Å²) in [5, 5.41) is 9.57. The smallest absolute Gasteiger partial charge is 0.398 e. The summed E-state index contributed by atoms with van der Waals surface area (Å²) in [6.45, 7) is -1.70. The van der Waals surface area contributed by atoms with Gasteiger partial charge in [0.2, 0.25) is 0 Å². The molecule has 4 nitrogen and oxygen atoms in total. The number of halogens is 4. The van der Waals surface area contributed by atoms with Gasteiger partial charge < -0.3 is 15.7 Å². The Kier molecular flexibility index (Phi) is 4.58. The van der Waals surface area contributed by atoms with Gasteiger partial charge in [0.1, 0.15) is 6.54 Å². The molecule has 1 heterocycles. The number of alkyl halides is 3. The van der Waals surface area contributed by atoms with E-state index in [4.69, 9.17) is 10.8 Å². The minimum Gasteiger partial charge on any atom is -0.398 e. The number of anilines is 2. The first-order valence-corrected chi connectivity index (χ1v) is 6.87. The summed E-state index contributed by atoms with van der Waals surface area (Å²) in [5.74, 6) is 0. The predicted octanol–water partition coefficient (Wildman–Crippen LogP) is 2.94. The van der Waals surface area contributed by atoms with Crippen LogP contribution in [0.2, 0.25) is 0 Å². The Labute approximate surface area is 127 Å². The fourth-order valence-corrected chi connectivity index (χ4v) is 2.41. The maximum Gasteiger partial charge on any atom is 0.405 e. The Balaban J connectivity index is 2.55. The molecule has 0 saturated carbocycles. The van der Waals surface area contributed by atoms with Crippen molar-refractivity contribution in [1.29, 1.82) is 0 Å². The van der Waals surface area contributed by atoms with Gasteiger partial charge in [-0.15, -0.1) is 0 Å². The highest BCUT2D eigenvalue weighted by atomic mass is 79.9. The molecule has 0 aliphatic heterocycles. The van der Waals surface area contributed by atoms with Gasteiger partial charge in [-0.05, 0) is 34.1 Å². The largest absolute Gasteiger partial charge is 0.405 e. The lowest BCUT2D eigenvalue weighted by atomic mass is 10.1. The molecule has 2 rings (SSSR count). The predicted molar refractivity (Wildman–Crippen MR) is 79.2 cm³/mol. The molecule has 21 heavy (non-hydrogen) atoms. The van der Waals surface area contributed by atoms with Crippen LogP contribution in [-0.4, -0.2) is 36.0 Å². The Morgan fingerprint density at radius 1 is 1.33 bits per heavy atom. The zero-order valence-corrected chi connectivity index (χ0v) is 12.4. The lowest BCUT2D eigenvalue weighted by molar-refractivity contribution is -0.119. The topological polar surface area (TPSA) is 62.4 Å². The first-order valence-electron chi connectivity index (χ1n) is 6.08. The molecule has 0 bridgehead atoms. The van der Waals surface area contributed by atoms with Gasteiger partial charge in [-0.3, -0.25) is 4.98 Å². The van der Waals surface area contributed by atoms with Crippen LogP contribution in [0.4, 0.5) is 24.5 Å². The number of hydrogen-bond acceptors (Lipinski definition) is 4. The second kappa shape index (κ2) is 6.07. The highest BCUT2D eigenvalue weighted by molar-refractivity contribution is 9.10. The van der Waals surface area contributed by atoms with Crippen LogP contribution in [-0.2, 0) is 0 Å². The van der Waals surface area contributed by atoms with Gasteiger partial charge in [0.05, 0.1) is 17.8 Å². The van der Waals surface area contributed by atoms with Crippen LogP contribution in [0, 0.1) is 0 Å². The molecular formula is C13H13BrF3N3O. The minimum atomic E-state index is -4.38. The molecule has 0 spiro atoms. The van der Waals surface area contributed by atoms with Crippen LogP contribution >= 0.6 is 15.9 Å². The van der Waals surface area contributed by atoms with E-state index in [1.165, 1.54) is 18.3 Å². The summed E-state index contributed by atoms with van der Waals surface area (Å²) < 4.78 is 38.7. The molecule has 0 amide bonds. The number of rotatable bonds is 4. The molecule has 114 valence electrons. The Hall–Kier alpha value is -1.54. The number of aliphatic hydroxyl groups is 1. The third-order valence-corrected chi connectivity index (χ3v) is 3.34. The lowest BCUT2D eigenvalue weighted by Crippen LogP contribution is -2.36. The summed E-state index contributed by atoms with van der Waals surface area (Å²) in [6, 6.07) is 4.72. The maximum atomic E-state index is 12.7. The van der Waals surface area contributed by atoms with Gasteiger partial charge >= 0.3 is 6.18 Å². The molecule has 0 radical (unpaired) electrons. The standard InChI is InChI=1S/C13H13BrF3N3O/c14-8-5-9-10(18)1-2-11(12(9)19-6-8)20(3-4-21)7-13(15,16)17/h1-2,5-6,21H,3-4,7,18H2. The number of pyridine rings is 1. The van der Waals surface area contributed by atoms with Crippen molar-refractivity contribution in [1.82, 2.24) is 4.98 Å². The van der Waals surface area contributed by atoms with Crippen LogP contribution in [0.25, 0.3) is 10.9 Å². The Morgan fingerprint density at radius 3 is 2.67 bits per heavy atom. The quantitative estimate of drug-likeness (QED) is 0.819. The monoisotopic (exact) mass is 363 g/mol. The fraction of sp³-hybridized carbons (Fsp3) is 0.308. The van der Waals surface area contributed by atoms with Crippen LogP contribution < -0.4 is 10.6 Å². The number of fused-ring (bicyclic) bond motifs is 1. The zero-order valence-electron chi connectivity index (χ0n) is 10.9. The van der Waals surface area contributed by atoms with Crippen molar-refractivity contribution in [3.63, 3.8) is 0 Å². The molecule has 1 aromatic heterocycles. The van der Waals surface area contributed by atoms with Crippen molar-refractivity contribution in [2.75, 3.05) is 30.3 Å². The van der Waals surface area contributed by atoms with Crippen molar-refractivity contribution in [3.05, 3.63) is 28.9 Å². The highest BCUT2D eigenvalue weighted by Gasteiger charge is 2.31. The maximum absolute atomic E-state index is 12.7. The number of aromatic nitrogens is 1. The van der Waals surface area contributed by atoms with Gasteiger partial charge in [-0.2, -0.15) is 13.2 Å². The third-order valence-electron chi connectivity index (χ3n) is 2.91. The van der Waals surface area contributed by atoms with Gasteiger partial charge in [0.15, 0.2) is 0 Å². The molecular weight excluding hydrogens is 351 g/mol. The third kappa shape index (κ3) is 3.76.